The number of benzene rings is 1. The van der Waals surface area contributed by atoms with E-state index in [0.717, 1.165) is 37.8 Å². The van der Waals surface area contributed by atoms with Crippen LogP contribution in [0.25, 0.3) is 11.3 Å². The van der Waals surface area contributed by atoms with Crippen molar-refractivity contribution in [3.63, 3.8) is 0 Å². The molecule has 3 fully saturated rings. The summed E-state index contributed by atoms with van der Waals surface area (Å²) in [5.41, 5.74) is 2.97. The molecule has 2 saturated heterocycles. The minimum Gasteiger partial charge on any atom is -0.348 e. The molecule has 3 aliphatic heterocycles. The van der Waals surface area contributed by atoms with E-state index in [-0.39, 0.29) is 47.3 Å². The fraction of sp³-hybridized carbons (Fsp3) is 0.370. The summed E-state index contributed by atoms with van der Waals surface area (Å²) >= 11 is 1.47. The number of hydrogen-bond acceptors (Lipinski definition) is 7. The molecule has 5 atom stereocenters. The Balaban J connectivity index is 1.26. The van der Waals surface area contributed by atoms with Crippen molar-refractivity contribution >= 4 is 35.3 Å². The Kier molecular flexibility index (Phi) is 6.62. The lowest BCUT2D eigenvalue weighted by Crippen LogP contribution is -2.62. The number of anilines is 1. The molecule has 4 heterocycles. The second-order valence-electron chi connectivity index (χ2n) is 9.91. The standard InChI is InChI=1S/C27H29N7O3S/c1-2-21(35)30-17-9-6-10-18(17)31-25(36)24-23-22-20(11-12-28-26(22)38-24)34(27(37)32-23)16-13-19(33-29-14-16)15-7-4-3-5-8-15/h2-5,7-8,13-14,17-18,20,22,26,28H,1,6,9-12H2,(H,30,35)(H,31,36)(H,32,37)/t17-,18+,20?,22?,26?/m0/s1. The van der Waals surface area contributed by atoms with E-state index in [1.54, 1.807) is 11.1 Å². The molecule has 3 unspecified atom stereocenters. The van der Waals surface area contributed by atoms with E-state index in [4.69, 9.17) is 0 Å². The highest BCUT2D eigenvalue weighted by molar-refractivity contribution is 8.04. The smallest absolute Gasteiger partial charge is 0.326 e. The summed E-state index contributed by atoms with van der Waals surface area (Å²) < 4.78 is 0. The third kappa shape index (κ3) is 4.45. The van der Waals surface area contributed by atoms with Gasteiger partial charge in [0.1, 0.15) is 0 Å². The van der Waals surface area contributed by atoms with Gasteiger partial charge in [-0.15, -0.1) is 0 Å². The van der Waals surface area contributed by atoms with Crippen LogP contribution in [0.15, 0.2) is 65.9 Å². The number of thioether (sulfide) groups is 1. The molecular formula is C27H29N7O3S. The van der Waals surface area contributed by atoms with Crippen LogP contribution in [0.4, 0.5) is 10.5 Å². The third-order valence-electron chi connectivity index (χ3n) is 7.68. The number of hydrogen-bond donors (Lipinski definition) is 4. The first-order valence-corrected chi connectivity index (χ1v) is 13.8. The SMILES string of the molecule is C=CC(=O)N[C@H]1CCC[C@H]1NC(=O)C1=C2NC(=O)N(c3cnnc(-c4ccccc4)c3)C3CCNC(S1)C23. The maximum atomic E-state index is 13.5. The molecule has 0 spiro atoms. The second kappa shape index (κ2) is 10.2. The first kappa shape index (κ1) is 24.6. The fourth-order valence-electron chi connectivity index (χ4n) is 5.94. The number of nitrogens with zero attached hydrogens (tertiary/aromatic N) is 3. The lowest BCUT2D eigenvalue weighted by Gasteiger charge is -2.45. The molecule has 6 rings (SSSR count). The minimum atomic E-state index is -0.279. The van der Waals surface area contributed by atoms with Crippen molar-refractivity contribution in [1.29, 1.82) is 0 Å². The molecule has 0 radical (unpaired) electrons. The van der Waals surface area contributed by atoms with Gasteiger partial charge in [0.25, 0.3) is 5.91 Å². The molecule has 4 amide bonds. The Morgan fingerprint density at radius 1 is 1.13 bits per heavy atom. The zero-order chi connectivity index (χ0) is 26.2. The Morgan fingerprint density at radius 3 is 2.71 bits per heavy atom. The zero-order valence-corrected chi connectivity index (χ0v) is 21.5. The van der Waals surface area contributed by atoms with Crippen molar-refractivity contribution in [2.24, 2.45) is 5.92 Å². The first-order valence-electron chi connectivity index (χ1n) is 12.9. The topological polar surface area (TPSA) is 128 Å². The number of rotatable bonds is 6. The van der Waals surface area contributed by atoms with Gasteiger partial charge in [-0.3, -0.25) is 14.5 Å². The van der Waals surface area contributed by atoms with Gasteiger partial charge in [0, 0.05) is 29.3 Å². The first-order chi connectivity index (χ1) is 18.5. The Labute approximate surface area is 224 Å². The molecule has 1 aromatic heterocycles. The van der Waals surface area contributed by atoms with Gasteiger partial charge in [0.15, 0.2) is 0 Å². The van der Waals surface area contributed by atoms with Crippen molar-refractivity contribution < 1.29 is 14.4 Å². The summed E-state index contributed by atoms with van der Waals surface area (Å²) in [5.74, 6) is -0.525. The van der Waals surface area contributed by atoms with Gasteiger partial charge in [0.05, 0.1) is 33.9 Å². The van der Waals surface area contributed by atoms with Crippen LogP contribution >= 0.6 is 11.8 Å². The minimum absolute atomic E-state index is 0.0316. The van der Waals surface area contributed by atoms with Crippen LogP contribution in [0.3, 0.4) is 0 Å². The van der Waals surface area contributed by atoms with Crippen molar-refractivity contribution in [3.05, 3.63) is 65.9 Å². The molecule has 196 valence electrons. The van der Waals surface area contributed by atoms with Crippen molar-refractivity contribution in [1.82, 2.24) is 31.5 Å². The second-order valence-corrected chi connectivity index (χ2v) is 11.1. The van der Waals surface area contributed by atoms with E-state index in [1.165, 1.54) is 17.8 Å². The van der Waals surface area contributed by atoms with Gasteiger partial charge in [0.2, 0.25) is 5.91 Å². The molecule has 2 aromatic rings. The monoisotopic (exact) mass is 531 g/mol. The number of aromatic nitrogens is 2. The molecule has 4 aliphatic rings. The van der Waals surface area contributed by atoms with Crippen LogP contribution in [0, 0.1) is 5.92 Å². The molecule has 10 nitrogen and oxygen atoms in total. The number of urea groups is 1. The summed E-state index contributed by atoms with van der Waals surface area (Å²) in [6.07, 6.45) is 6.11. The van der Waals surface area contributed by atoms with Crippen molar-refractivity contribution in [2.75, 3.05) is 11.4 Å². The van der Waals surface area contributed by atoms with E-state index in [0.29, 0.717) is 22.0 Å². The summed E-state index contributed by atoms with van der Waals surface area (Å²) in [7, 11) is 0. The Morgan fingerprint density at radius 2 is 1.92 bits per heavy atom. The molecule has 1 saturated carbocycles. The van der Waals surface area contributed by atoms with E-state index in [2.05, 4.69) is 38.0 Å². The largest absolute Gasteiger partial charge is 0.348 e. The maximum absolute atomic E-state index is 13.5. The Hall–Kier alpha value is -3.70. The van der Waals surface area contributed by atoms with E-state index in [1.807, 2.05) is 36.4 Å². The summed E-state index contributed by atoms with van der Waals surface area (Å²) in [4.78, 5) is 41.1. The molecule has 0 bridgehead atoms. The number of carbonyl (C=O) groups excluding carboxylic acids is 3. The van der Waals surface area contributed by atoms with Crippen LogP contribution in [-0.4, -0.2) is 58.1 Å². The van der Waals surface area contributed by atoms with E-state index in [9.17, 15) is 14.4 Å². The lowest BCUT2D eigenvalue weighted by molar-refractivity contribution is -0.119. The predicted molar refractivity (Wildman–Crippen MR) is 145 cm³/mol. The van der Waals surface area contributed by atoms with Crippen molar-refractivity contribution in [3.8, 4) is 11.3 Å². The van der Waals surface area contributed by atoms with Gasteiger partial charge >= 0.3 is 6.03 Å². The van der Waals surface area contributed by atoms with Gasteiger partial charge in [-0.1, -0.05) is 48.7 Å². The van der Waals surface area contributed by atoms with E-state index < -0.39 is 0 Å². The molecule has 11 heteroatoms. The molecule has 1 aromatic carbocycles. The average molecular weight is 532 g/mol. The average Bonchev–Trinajstić information content (AvgIpc) is 3.54. The fourth-order valence-corrected chi connectivity index (χ4v) is 7.34. The van der Waals surface area contributed by atoms with Gasteiger partial charge < -0.3 is 21.3 Å². The van der Waals surface area contributed by atoms with E-state index >= 15 is 0 Å². The predicted octanol–water partition coefficient (Wildman–Crippen LogP) is 2.28. The van der Waals surface area contributed by atoms with Crippen LogP contribution in [0.5, 0.6) is 0 Å². The number of piperidine rings is 1. The maximum Gasteiger partial charge on any atom is 0.326 e. The number of carbonyl (C=O) groups is 3. The lowest BCUT2D eigenvalue weighted by atomic mass is 9.86. The van der Waals surface area contributed by atoms with Crippen molar-refractivity contribution in [2.45, 2.75) is 49.2 Å². The van der Waals surface area contributed by atoms with Gasteiger partial charge in [-0.05, 0) is 44.4 Å². The highest BCUT2D eigenvalue weighted by Crippen LogP contribution is 2.48. The van der Waals surface area contributed by atoms with Crippen LogP contribution < -0.4 is 26.2 Å². The molecule has 4 N–H and O–H groups in total. The highest BCUT2D eigenvalue weighted by atomic mass is 32.2. The number of amides is 4. The highest BCUT2D eigenvalue weighted by Gasteiger charge is 2.52. The summed E-state index contributed by atoms with van der Waals surface area (Å²) in [6.45, 7) is 4.24. The Bertz CT molecular complexity index is 1320. The normalized spacial score (nSPS) is 27.9. The third-order valence-corrected chi connectivity index (χ3v) is 9.04. The van der Waals surface area contributed by atoms with Gasteiger partial charge in [-0.2, -0.15) is 10.2 Å². The number of nitrogens with one attached hydrogen (secondary N) is 4. The van der Waals surface area contributed by atoms with Crippen LogP contribution in [-0.2, 0) is 9.59 Å². The molecule has 1 aliphatic carbocycles. The molecule has 38 heavy (non-hydrogen) atoms. The zero-order valence-electron chi connectivity index (χ0n) is 20.7. The van der Waals surface area contributed by atoms with Gasteiger partial charge in [-0.25, -0.2) is 4.79 Å². The quantitative estimate of drug-likeness (QED) is 0.421. The summed E-state index contributed by atoms with van der Waals surface area (Å²) in [6, 6.07) is 10.9. The van der Waals surface area contributed by atoms with Crippen LogP contribution in [0.1, 0.15) is 25.7 Å². The molecular weight excluding hydrogens is 502 g/mol. The summed E-state index contributed by atoms with van der Waals surface area (Å²) in [5, 5.41) is 21.0. The van der Waals surface area contributed by atoms with Crippen LogP contribution in [0.2, 0.25) is 0 Å².